The van der Waals surface area contributed by atoms with E-state index in [0.717, 1.165) is 24.9 Å². The van der Waals surface area contributed by atoms with Gasteiger partial charge in [-0.05, 0) is 31.5 Å². The second kappa shape index (κ2) is 7.31. The van der Waals surface area contributed by atoms with Gasteiger partial charge in [0.1, 0.15) is 0 Å². The molecule has 0 radical (unpaired) electrons. The van der Waals surface area contributed by atoms with Crippen LogP contribution in [0.1, 0.15) is 25.3 Å². The van der Waals surface area contributed by atoms with E-state index in [1.54, 1.807) is 0 Å². The maximum atomic E-state index is 11.6. The number of hydrogen-bond acceptors (Lipinski definition) is 3. The van der Waals surface area contributed by atoms with Crippen molar-refractivity contribution in [3.05, 3.63) is 34.9 Å². The highest BCUT2D eigenvalue weighted by molar-refractivity contribution is 7.91. The molecular formula is C16H20ClNO2S. The van der Waals surface area contributed by atoms with Gasteiger partial charge < -0.3 is 0 Å². The van der Waals surface area contributed by atoms with Crippen molar-refractivity contribution < 1.29 is 8.42 Å². The fourth-order valence-electron chi connectivity index (χ4n) is 2.54. The summed E-state index contributed by atoms with van der Waals surface area (Å²) in [4.78, 5) is 2.17. The predicted molar refractivity (Wildman–Crippen MR) is 87.3 cm³/mol. The third-order valence-electron chi connectivity index (χ3n) is 3.61. The molecule has 1 fully saturated rings. The highest BCUT2D eigenvalue weighted by atomic mass is 35.5. The highest BCUT2D eigenvalue weighted by Gasteiger charge is 2.31. The number of benzene rings is 1. The molecular weight excluding hydrogens is 306 g/mol. The zero-order valence-corrected chi connectivity index (χ0v) is 13.8. The Morgan fingerprint density at radius 2 is 2.14 bits per heavy atom. The van der Waals surface area contributed by atoms with Crippen LogP contribution in [0.2, 0.25) is 5.02 Å². The van der Waals surface area contributed by atoms with Gasteiger partial charge in [-0.3, -0.25) is 4.90 Å². The molecule has 0 aromatic heterocycles. The molecule has 1 aromatic carbocycles. The first kappa shape index (κ1) is 16.4. The average molecular weight is 326 g/mol. The minimum atomic E-state index is -2.85. The van der Waals surface area contributed by atoms with Crippen molar-refractivity contribution in [2.45, 2.75) is 25.8 Å². The summed E-state index contributed by atoms with van der Waals surface area (Å²) in [5.41, 5.74) is 0.814. The molecule has 1 unspecified atom stereocenters. The Balaban J connectivity index is 2.03. The quantitative estimate of drug-likeness (QED) is 0.799. The Morgan fingerprint density at radius 1 is 1.38 bits per heavy atom. The smallest absolute Gasteiger partial charge is 0.151 e. The third-order valence-corrected chi connectivity index (χ3v) is 5.69. The second-order valence-corrected chi connectivity index (χ2v) is 7.94. The molecule has 21 heavy (non-hydrogen) atoms. The Bertz CT molecular complexity index is 646. The minimum Gasteiger partial charge on any atom is -0.288 e. The molecule has 0 N–H and O–H groups in total. The van der Waals surface area contributed by atoms with Crippen molar-refractivity contribution in [2.24, 2.45) is 0 Å². The summed E-state index contributed by atoms with van der Waals surface area (Å²) >= 11 is 6.07. The summed E-state index contributed by atoms with van der Waals surface area (Å²) in [7, 11) is -2.85. The van der Waals surface area contributed by atoms with Gasteiger partial charge in [-0.1, -0.05) is 42.5 Å². The molecule has 0 amide bonds. The van der Waals surface area contributed by atoms with Crippen LogP contribution in [0.3, 0.4) is 0 Å². The summed E-state index contributed by atoms with van der Waals surface area (Å²) in [6, 6.07) is 7.60. The number of halogens is 1. The summed E-state index contributed by atoms with van der Waals surface area (Å²) in [5.74, 6) is 6.77. The SMILES string of the molecule is CCCN(CC#Cc1ccccc1Cl)C1CCS(=O)(=O)C1. The van der Waals surface area contributed by atoms with Crippen LogP contribution in [0.25, 0.3) is 0 Å². The summed E-state index contributed by atoms with van der Waals surface area (Å²) in [6.07, 6.45) is 1.71. The average Bonchev–Trinajstić information content (AvgIpc) is 2.80. The first-order chi connectivity index (χ1) is 10.0. The van der Waals surface area contributed by atoms with Crippen LogP contribution in [0.4, 0.5) is 0 Å². The first-order valence-corrected chi connectivity index (χ1v) is 9.39. The molecule has 0 aliphatic carbocycles. The maximum Gasteiger partial charge on any atom is 0.151 e. The van der Waals surface area contributed by atoms with Crippen molar-refractivity contribution in [2.75, 3.05) is 24.6 Å². The fourth-order valence-corrected chi connectivity index (χ4v) is 4.48. The second-order valence-electron chi connectivity index (χ2n) is 5.31. The normalized spacial score (nSPS) is 20.2. The van der Waals surface area contributed by atoms with E-state index in [4.69, 9.17) is 11.6 Å². The van der Waals surface area contributed by atoms with Gasteiger partial charge in [0.2, 0.25) is 0 Å². The maximum absolute atomic E-state index is 11.6. The van der Waals surface area contributed by atoms with E-state index in [2.05, 4.69) is 23.7 Å². The molecule has 1 heterocycles. The van der Waals surface area contributed by atoms with Crippen LogP contribution in [-0.2, 0) is 9.84 Å². The van der Waals surface area contributed by atoms with Crippen molar-refractivity contribution in [1.29, 1.82) is 0 Å². The van der Waals surface area contributed by atoms with Crippen LogP contribution in [0.15, 0.2) is 24.3 Å². The summed E-state index contributed by atoms with van der Waals surface area (Å²) in [6.45, 7) is 3.55. The van der Waals surface area contributed by atoms with E-state index in [9.17, 15) is 8.42 Å². The van der Waals surface area contributed by atoms with E-state index in [-0.39, 0.29) is 11.8 Å². The van der Waals surface area contributed by atoms with E-state index < -0.39 is 9.84 Å². The van der Waals surface area contributed by atoms with Gasteiger partial charge in [-0.25, -0.2) is 8.42 Å². The molecule has 1 aromatic rings. The zero-order valence-electron chi connectivity index (χ0n) is 12.2. The molecule has 1 aliphatic rings. The first-order valence-electron chi connectivity index (χ1n) is 7.19. The van der Waals surface area contributed by atoms with Crippen LogP contribution < -0.4 is 0 Å². The van der Waals surface area contributed by atoms with Gasteiger partial charge in [0, 0.05) is 11.6 Å². The van der Waals surface area contributed by atoms with Crippen LogP contribution >= 0.6 is 11.6 Å². The lowest BCUT2D eigenvalue weighted by atomic mass is 10.2. The topological polar surface area (TPSA) is 37.4 Å². The number of hydrogen-bond donors (Lipinski definition) is 0. The van der Waals surface area contributed by atoms with Gasteiger partial charge in [-0.15, -0.1) is 0 Å². The molecule has 1 atom stereocenters. The van der Waals surface area contributed by atoms with Crippen LogP contribution in [-0.4, -0.2) is 44.0 Å². The lowest BCUT2D eigenvalue weighted by Gasteiger charge is -2.25. The Hall–Kier alpha value is -1.02. The largest absolute Gasteiger partial charge is 0.288 e. The summed E-state index contributed by atoms with van der Waals surface area (Å²) in [5, 5.41) is 0.649. The molecule has 2 rings (SSSR count). The summed E-state index contributed by atoms with van der Waals surface area (Å²) < 4.78 is 23.2. The monoisotopic (exact) mass is 325 g/mol. The van der Waals surface area contributed by atoms with Gasteiger partial charge in [0.25, 0.3) is 0 Å². The molecule has 114 valence electrons. The fraction of sp³-hybridized carbons (Fsp3) is 0.500. The van der Waals surface area contributed by atoms with Gasteiger partial charge in [0.05, 0.1) is 23.1 Å². The van der Waals surface area contributed by atoms with Gasteiger partial charge >= 0.3 is 0 Å². The predicted octanol–water partition coefficient (Wildman–Crippen LogP) is 2.59. The Labute approximate surface area is 132 Å². The molecule has 0 bridgehead atoms. The van der Waals surface area contributed by atoms with E-state index >= 15 is 0 Å². The zero-order chi connectivity index (χ0) is 15.3. The Morgan fingerprint density at radius 3 is 2.76 bits per heavy atom. The molecule has 5 heteroatoms. The minimum absolute atomic E-state index is 0.107. The van der Waals surface area contributed by atoms with Gasteiger partial charge in [-0.2, -0.15) is 0 Å². The van der Waals surface area contributed by atoms with Gasteiger partial charge in [0.15, 0.2) is 9.84 Å². The lowest BCUT2D eigenvalue weighted by molar-refractivity contribution is 0.239. The lowest BCUT2D eigenvalue weighted by Crippen LogP contribution is -2.37. The number of nitrogens with zero attached hydrogens (tertiary/aromatic N) is 1. The molecule has 1 aliphatic heterocycles. The van der Waals surface area contributed by atoms with E-state index in [1.807, 2.05) is 24.3 Å². The van der Waals surface area contributed by atoms with Crippen molar-refractivity contribution in [3.8, 4) is 11.8 Å². The molecule has 0 saturated carbocycles. The van der Waals surface area contributed by atoms with Crippen LogP contribution in [0, 0.1) is 11.8 Å². The van der Waals surface area contributed by atoms with Crippen molar-refractivity contribution in [1.82, 2.24) is 4.90 Å². The Kier molecular flexibility index (Phi) is 5.69. The van der Waals surface area contributed by atoms with Crippen LogP contribution in [0.5, 0.6) is 0 Å². The highest BCUT2D eigenvalue weighted by Crippen LogP contribution is 2.18. The number of sulfone groups is 1. The standard InChI is InChI=1S/C16H20ClNO2S/c1-2-10-18(15-9-12-21(19,20)13-15)11-5-7-14-6-3-4-8-16(14)17/h3-4,6,8,15H,2,9-13H2,1H3. The molecule has 1 saturated heterocycles. The molecule has 0 spiro atoms. The van der Waals surface area contributed by atoms with Crippen molar-refractivity contribution in [3.63, 3.8) is 0 Å². The third kappa shape index (κ3) is 4.74. The van der Waals surface area contributed by atoms with Crippen molar-refractivity contribution >= 4 is 21.4 Å². The van der Waals surface area contributed by atoms with E-state index in [1.165, 1.54) is 0 Å². The number of rotatable bonds is 4. The van der Waals surface area contributed by atoms with E-state index in [0.29, 0.717) is 17.3 Å². The molecule has 3 nitrogen and oxygen atoms in total.